The second-order valence-electron chi connectivity index (χ2n) is 10.9. The number of benzene rings is 2. The van der Waals surface area contributed by atoms with Gasteiger partial charge in [0.1, 0.15) is 0 Å². The van der Waals surface area contributed by atoms with E-state index in [1.54, 1.807) is 0 Å². The number of Topliss-reactive ketones (excluding diaryl/α,β-unsaturated/α-hetero) is 1. The molecule has 2 aliphatic rings. The van der Waals surface area contributed by atoms with Crippen molar-refractivity contribution >= 4 is 30.4 Å². The number of carbonyl (C=O) groups excluding carboxylic acids is 2. The van der Waals surface area contributed by atoms with Crippen LogP contribution in [0.25, 0.3) is 0 Å². The predicted molar refractivity (Wildman–Crippen MR) is 138 cm³/mol. The molecule has 2 aromatic rings. The summed E-state index contributed by atoms with van der Waals surface area (Å²) in [6.45, 7) is 8.82. The van der Waals surface area contributed by atoms with E-state index in [1.165, 1.54) is 17.5 Å². The Labute approximate surface area is 204 Å². The summed E-state index contributed by atoms with van der Waals surface area (Å²) in [5.41, 5.74) is -0.280. The molecule has 0 unspecified atom stereocenters. The van der Waals surface area contributed by atoms with Crippen LogP contribution in [0.1, 0.15) is 53.4 Å². The van der Waals surface area contributed by atoms with Crippen molar-refractivity contribution < 1.29 is 18.8 Å². The maximum Gasteiger partial charge on any atom is 0.316 e. The van der Waals surface area contributed by atoms with Gasteiger partial charge in [0.05, 0.1) is 12.5 Å². The molecular weight excluding hydrogens is 440 g/mol. The van der Waals surface area contributed by atoms with Crippen molar-refractivity contribution in [2.45, 2.75) is 64.5 Å². The summed E-state index contributed by atoms with van der Waals surface area (Å²) < 4.78 is 12.6. The quantitative estimate of drug-likeness (QED) is 0.459. The second-order valence-corrected chi connectivity index (χ2v) is 15.2. The number of ketones is 1. The minimum Gasteiger partial charge on any atom is -0.468 e. The van der Waals surface area contributed by atoms with Crippen molar-refractivity contribution in [1.29, 1.82) is 0 Å². The molecule has 0 aliphatic heterocycles. The largest absolute Gasteiger partial charge is 0.468 e. The summed E-state index contributed by atoms with van der Waals surface area (Å²) in [4.78, 5) is 26.4. The topological polar surface area (TPSA) is 52.6 Å². The molecule has 0 N–H and O–H groups in total. The molecule has 0 spiro atoms. The number of fused-ring (bicyclic) bond motifs is 1. The zero-order valence-electron chi connectivity index (χ0n) is 21.0. The summed E-state index contributed by atoms with van der Waals surface area (Å²) in [7, 11) is -1.38. The minimum absolute atomic E-state index is 0.0586. The first kappa shape index (κ1) is 24.6. The van der Waals surface area contributed by atoms with Crippen LogP contribution >= 0.6 is 0 Å². The average Bonchev–Trinajstić information content (AvgIpc) is 3.11. The minimum atomic E-state index is -2.80. The lowest BCUT2D eigenvalue weighted by Gasteiger charge is -2.46. The average molecular weight is 477 g/mol. The third kappa shape index (κ3) is 4.09. The number of esters is 1. The van der Waals surface area contributed by atoms with Gasteiger partial charge >= 0.3 is 5.97 Å². The van der Waals surface area contributed by atoms with Crippen LogP contribution in [0.2, 0.25) is 5.04 Å². The summed E-state index contributed by atoms with van der Waals surface area (Å²) in [5, 5.41) is 2.23. The summed E-state index contributed by atoms with van der Waals surface area (Å²) in [6.07, 6.45) is 3.83. The summed E-state index contributed by atoms with van der Waals surface area (Å²) >= 11 is 0. The van der Waals surface area contributed by atoms with Gasteiger partial charge in [-0.1, -0.05) is 94.4 Å². The van der Waals surface area contributed by atoms with Crippen molar-refractivity contribution in [2.24, 2.45) is 11.3 Å². The Kier molecular flexibility index (Phi) is 6.71. The van der Waals surface area contributed by atoms with Gasteiger partial charge in [-0.05, 0) is 40.6 Å². The molecule has 0 radical (unpaired) electrons. The molecule has 34 heavy (non-hydrogen) atoms. The fourth-order valence-corrected chi connectivity index (χ4v) is 10.9. The fourth-order valence-electron chi connectivity index (χ4n) is 6.15. The highest BCUT2D eigenvalue weighted by molar-refractivity contribution is 6.99. The van der Waals surface area contributed by atoms with E-state index in [4.69, 9.17) is 9.16 Å². The standard InChI is InChI=1S/C29H36O4Si/c1-21-18-25-26(30)17-16-22(20-29(25,19-21)27(31)32-5)33-34(28(2,3)4,23-12-8-6-9-13-23)24-14-10-7-11-15-24/h6-15,18,21-22H,16-17,19-20H2,1-5H3/t21-,22-,29-/m0/s1. The van der Waals surface area contributed by atoms with E-state index >= 15 is 0 Å². The summed E-state index contributed by atoms with van der Waals surface area (Å²) in [6, 6.07) is 21.0. The van der Waals surface area contributed by atoms with Gasteiger partial charge in [0.15, 0.2) is 5.78 Å². The molecule has 5 heteroatoms. The molecule has 0 bridgehead atoms. The van der Waals surface area contributed by atoms with E-state index in [0.29, 0.717) is 31.3 Å². The van der Waals surface area contributed by atoms with Gasteiger partial charge in [-0.15, -0.1) is 0 Å². The van der Waals surface area contributed by atoms with E-state index in [0.717, 1.165) is 0 Å². The van der Waals surface area contributed by atoms with Gasteiger partial charge in [-0.2, -0.15) is 0 Å². The fraction of sp³-hybridized carbons (Fsp3) is 0.448. The van der Waals surface area contributed by atoms with Crippen molar-refractivity contribution in [1.82, 2.24) is 0 Å². The Bertz CT molecular complexity index is 1030. The monoisotopic (exact) mass is 476 g/mol. The smallest absolute Gasteiger partial charge is 0.316 e. The van der Waals surface area contributed by atoms with Gasteiger partial charge in [0, 0.05) is 18.1 Å². The molecule has 0 saturated heterocycles. The first-order valence-electron chi connectivity index (χ1n) is 12.3. The molecule has 2 aromatic carbocycles. The maximum absolute atomic E-state index is 13.2. The van der Waals surface area contributed by atoms with E-state index in [-0.39, 0.29) is 28.8 Å². The Morgan fingerprint density at radius 1 is 0.971 bits per heavy atom. The lowest BCUT2D eigenvalue weighted by atomic mass is 9.75. The van der Waals surface area contributed by atoms with Gasteiger partial charge < -0.3 is 9.16 Å². The molecule has 0 aromatic heterocycles. The molecule has 180 valence electrons. The maximum atomic E-state index is 13.2. The molecule has 1 saturated carbocycles. The van der Waals surface area contributed by atoms with Crippen LogP contribution in [-0.2, 0) is 18.8 Å². The van der Waals surface area contributed by atoms with Crippen molar-refractivity contribution in [3.8, 4) is 0 Å². The van der Waals surface area contributed by atoms with Gasteiger partial charge in [-0.3, -0.25) is 9.59 Å². The highest BCUT2D eigenvalue weighted by atomic mass is 28.4. The normalized spacial score (nSPS) is 25.3. The number of allylic oxidation sites excluding steroid dienone is 1. The molecule has 0 amide bonds. The van der Waals surface area contributed by atoms with E-state index < -0.39 is 13.7 Å². The van der Waals surface area contributed by atoms with Crippen LogP contribution in [0, 0.1) is 11.3 Å². The number of methoxy groups -OCH3 is 1. The lowest BCUT2D eigenvalue weighted by molar-refractivity contribution is -0.152. The van der Waals surface area contributed by atoms with Crippen molar-refractivity contribution in [2.75, 3.05) is 7.11 Å². The van der Waals surface area contributed by atoms with Crippen LogP contribution in [0.5, 0.6) is 0 Å². The van der Waals surface area contributed by atoms with Crippen LogP contribution < -0.4 is 10.4 Å². The molecule has 2 aliphatic carbocycles. The lowest BCUT2D eigenvalue weighted by Crippen LogP contribution is -2.67. The SMILES string of the molecule is COC(=O)[C@@]12C[C@@H](O[Si](c3ccccc3)(c3ccccc3)C(C)(C)C)CCC(=O)C1=C[C@H](C)C2. The molecule has 1 fully saturated rings. The number of hydrogen-bond donors (Lipinski definition) is 0. The first-order chi connectivity index (χ1) is 16.1. The highest BCUT2D eigenvalue weighted by Gasteiger charge is 2.56. The molecule has 4 nitrogen and oxygen atoms in total. The zero-order valence-corrected chi connectivity index (χ0v) is 22.0. The number of hydrogen-bond acceptors (Lipinski definition) is 4. The third-order valence-electron chi connectivity index (χ3n) is 7.54. The van der Waals surface area contributed by atoms with Crippen molar-refractivity contribution in [3.05, 3.63) is 72.3 Å². The zero-order chi connectivity index (χ0) is 24.6. The van der Waals surface area contributed by atoms with E-state index in [2.05, 4.69) is 76.2 Å². The van der Waals surface area contributed by atoms with Crippen LogP contribution in [0.15, 0.2) is 72.3 Å². The first-order valence-corrected chi connectivity index (χ1v) is 14.2. The van der Waals surface area contributed by atoms with E-state index in [1.807, 2.05) is 18.2 Å². The highest BCUT2D eigenvalue weighted by Crippen LogP contribution is 2.51. The molecule has 3 atom stereocenters. The Balaban J connectivity index is 1.85. The van der Waals surface area contributed by atoms with Crippen LogP contribution in [0.3, 0.4) is 0 Å². The second kappa shape index (κ2) is 9.27. The Hall–Kier alpha value is -2.50. The van der Waals surface area contributed by atoms with Crippen LogP contribution in [-0.4, -0.2) is 33.3 Å². The van der Waals surface area contributed by atoms with Gasteiger partial charge in [-0.25, -0.2) is 0 Å². The number of carbonyl (C=O) groups is 2. The summed E-state index contributed by atoms with van der Waals surface area (Å²) in [5.74, 6) is -0.0950. The molecule has 0 heterocycles. The van der Waals surface area contributed by atoms with Gasteiger partial charge in [0.25, 0.3) is 8.32 Å². The Morgan fingerprint density at radius 2 is 1.53 bits per heavy atom. The third-order valence-corrected chi connectivity index (χ3v) is 12.6. The van der Waals surface area contributed by atoms with E-state index in [9.17, 15) is 9.59 Å². The number of ether oxygens (including phenoxy) is 1. The Morgan fingerprint density at radius 3 is 2.03 bits per heavy atom. The predicted octanol–water partition coefficient (Wildman–Crippen LogP) is 4.81. The van der Waals surface area contributed by atoms with Gasteiger partial charge in [0.2, 0.25) is 0 Å². The number of rotatable bonds is 5. The van der Waals surface area contributed by atoms with Crippen molar-refractivity contribution in [3.63, 3.8) is 0 Å². The van der Waals surface area contributed by atoms with Crippen LogP contribution in [0.4, 0.5) is 0 Å². The molecule has 4 rings (SSSR count). The molecular formula is C29H36O4Si.